The molecule has 0 radical (unpaired) electrons. The summed E-state index contributed by atoms with van der Waals surface area (Å²) in [7, 11) is 0. The first-order valence-electron chi connectivity index (χ1n) is 7.12. The summed E-state index contributed by atoms with van der Waals surface area (Å²) in [5.74, 6) is 0.561. The molecule has 3 rings (SSSR count). The minimum absolute atomic E-state index is 0.0768. The molecule has 1 atom stereocenters. The molecule has 2 aromatic rings. The zero-order valence-corrected chi connectivity index (χ0v) is 11.8. The fourth-order valence-electron chi connectivity index (χ4n) is 2.45. The van der Waals surface area contributed by atoms with Crippen molar-refractivity contribution < 1.29 is 17.9 Å². The Morgan fingerprint density at radius 2 is 2.18 bits per heavy atom. The lowest BCUT2D eigenvalue weighted by Crippen LogP contribution is -2.37. The number of nitrogens with zero attached hydrogens (tertiary/aromatic N) is 2. The average molecular weight is 311 g/mol. The molecule has 7 heteroatoms. The van der Waals surface area contributed by atoms with Crippen LogP contribution in [0.1, 0.15) is 18.4 Å². The normalized spacial score (nSPS) is 19.1. The number of nitrogens with one attached hydrogen (secondary N) is 1. The van der Waals surface area contributed by atoms with Crippen LogP contribution in [-0.2, 0) is 6.18 Å². The van der Waals surface area contributed by atoms with Crippen LogP contribution in [-0.4, -0.2) is 29.0 Å². The first-order valence-corrected chi connectivity index (χ1v) is 7.12. The van der Waals surface area contributed by atoms with Crippen LogP contribution in [0.15, 0.2) is 36.7 Å². The van der Waals surface area contributed by atoms with E-state index in [0.29, 0.717) is 11.4 Å². The molecule has 0 bridgehead atoms. The molecule has 0 amide bonds. The lowest BCUT2D eigenvalue weighted by molar-refractivity contribution is -0.137. The summed E-state index contributed by atoms with van der Waals surface area (Å²) in [5.41, 5.74) is -0.342. The molecule has 1 aromatic carbocycles. The van der Waals surface area contributed by atoms with E-state index in [4.69, 9.17) is 4.74 Å². The van der Waals surface area contributed by atoms with E-state index in [1.165, 1.54) is 16.9 Å². The van der Waals surface area contributed by atoms with Crippen LogP contribution in [0.5, 0.6) is 5.75 Å². The Kier molecular flexibility index (Phi) is 4.06. The maximum absolute atomic E-state index is 12.7. The number of halogens is 3. The molecule has 0 aliphatic carbocycles. The monoisotopic (exact) mass is 311 g/mol. The van der Waals surface area contributed by atoms with E-state index in [1.807, 2.05) is 0 Å². The number of rotatable bonds is 3. The van der Waals surface area contributed by atoms with Gasteiger partial charge in [-0.3, -0.25) is 0 Å². The van der Waals surface area contributed by atoms with Crippen LogP contribution >= 0.6 is 0 Å². The standard InChI is InChI=1S/C15H16F3N3O/c16-15(17,18)11-3-1-4-12(7-11)21-10-14(9-20-21)22-13-5-2-6-19-8-13/h1,3-4,7,9-10,13,19H,2,5-6,8H2. The highest BCUT2D eigenvalue weighted by Crippen LogP contribution is 2.30. The van der Waals surface area contributed by atoms with E-state index in [2.05, 4.69) is 10.4 Å². The zero-order valence-electron chi connectivity index (χ0n) is 11.8. The molecule has 1 saturated heterocycles. The van der Waals surface area contributed by atoms with Gasteiger partial charge in [-0.2, -0.15) is 18.3 Å². The minimum Gasteiger partial charge on any atom is -0.486 e. The number of piperidine rings is 1. The second kappa shape index (κ2) is 6.00. The van der Waals surface area contributed by atoms with Crippen LogP contribution in [0, 0.1) is 0 Å². The van der Waals surface area contributed by atoms with Gasteiger partial charge in [0.25, 0.3) is 0 Å². The van der Waals surface area contributed by atoms with Gasteiger partial charge in [-0.1, -0.05) is 6.07 Å². The number of hydrogen-bond acceptors (Lipinski definition) is 3. The predicted molar refractivity (Wildman–Crippen MR) is 75.1 cm³/mol. The Bertz CT molecular complexity index is 633. The largest absolute Gasteiger partial charge is 0.486 e. The fraction of sp³-hybridized carbons (Fsp3) is 0.400. The van der Waals surface area contributed by atoms with E-state index < -0.39 is 11.7 Å². The van der Waals surface area contributed by atoms with Crippen molar-refractivity contribution in [2.24, 2.45) is 0 Å². The summed E-state index contributed by atoms with van der Waals surface area (Å²) in [6.07, 6.45) is 0.844. The molecule has 1 fully saturated rings. The third kappa shape index (κ3) is 3.41. The van der Waals surface area contributed by atoms with Crippen molar-refractivity contribution in [1.82, 2.24) is 15.1 Å². The van der Waals surface area contributed by atoms with Gasteiger partial charge in [0, 0.05) is 6.54 Å². The van der Waals surface area contributed by atoms with E-state index >= 15 is 0 Å². The molecule has 1 aliphatic heterocycles. The highest BCUT2D eigenvalue weighted by molar-refractivity contribution is 5.37. The zero-order chi connectivity index (χ0) is 15.6. The van der Waals surface area contributed by atoms with Gasteiger partial charge in [-0.05, 0) is 37.6 Å². The summed E-state index contributed by atoms with van der Waals surface area (Å²) in [4.78, 5) is 0. The molecular formula is C15H16F3N3O. The number of alkyl halides is 3. The maximum atomic E-state index is 12.7. The maximum Gasteiger partial charge on any atom is 0.416 e. The van der Waals surface area contributed by atoms with Crippen molar-refractivity contribution in [3.63, 3.8) is 0 Å². The van der Waals surface area contributed by atoms with Crippen LogP contribution < -0.4 is 10.1 Å². The van der Waals surface area contributed by atoms with Gasteiger partial charge >= 0.3 is 6.18 Å². The lowest BCUT2D eigenvalue weighted by atomic mass is 10.1. The van der Waals surface area contributed by atoms with E-state index in [-0.39, 0.29) is 6.10 Å². The minimum atomic E-state index is -4.36. The van der Waals surface area contributed by atoms with Crippen molar-refractivity contribution in [3.8, 4) is 11.4 Å². The van der Waals surface area contributed by atoms with Gasteiger partial charge < -0.3 is 10.1 Å². The predicted octanol–water partition coefficient (Wildman–Crippen LogP) is 3.02. The second-order valence-corrected chi connectivity index (χ2v) is 5.25. The van der Waals surface area contributed by atoms with Gasteiger partial charge in [0.05, 0.1) is 23.6 Å². The van der Waals surface area contributed by atoms with Gasteiger partial charge in [0.15, 0.2) is 5.75 Å². The topological polar surface area (TPSA) is 39.1 Å². The molecule has 1 aliphatic rings. The SMILES string of the molecule is FC(F)(F)c1cccc(-n2cc(OC3CCCNC3)cn2)c1. The third-order valence-corrected chi connectivity index (χ3v) is 3.55. The van der Waals surface area contributed by atoms with Crippen molar-refractivity contribution in [2.45, 2.75) is 25.1 Å². The number of aromatic nitrogens is 2. The van der Waals surface area contributed by atoms with E-state index in [9.17, 15) is 13.2 Å². The van der Waals surface area contributed by atoms with E-state index in [1.54, 1.807) is 12.3 Å². The van der Waals surface area contributed by atoms with Crippen molar-refractivity contribution in [1.29, 1.82) is 0 Å². The van der Waals surface area contributed by atoms with Gasteiger partial charge in [-0.15, -0.1) is 0 Å². The van der Waals surface area contributed by atoms with Gasteiger partial charge in [0.2, 0.25) is 0 Å². The molecule has 4 nitrogen and oxygen atoms in total. The van der Waals surface area contributed by atoms with Crippen molar-refractivity contribution >= 4 is 0 Å². The molecule has 0 saturated carbocycles. The highest BCUT2D eigenvalue weighted by atomic mass is 19.4. The van der Waals surface area contributed by atoms with Crippen LogP contribution in [0.2, 0.25) is 0 Å². The molecule has 0 spiro atoms. The Labute approximate surface area is 125 Å². The molecule has 1 aromatic heterocycles. The molecule has 1 N–H and O–H groups in total. The van der Waals surface area contributed by atoms with Crippen LogP contribution in [0.3, 0.4) is 0 Å². The molecule has 118 valence electrons. The molecule has 1 unspecified atom stereocenters. The summed E-state index contributed by atoms with van der Waals surface area (Å²) in [6.45, 7) is 1.76. The molecular weight excluding hydrogens is 295 g/mol. The molecule has 22 heavy (non-hydrogen) atoms. The van der Waals surface area contributed by atoms with Crippen molar-refractivity contribution in [2.75, 3.05) is 13.1 Å². The number of hydrogen-bond donors (Lipinski definition) is 1. The van der Waals surface area contributed by atoms with Crippen LogP contribution in [0.25, 0.3) is 5.69 Å². The summed E-state index contributed by atoms with van der Waals surface area (Å²) < 4.78 is 45.4. The summed E-state index contributed by atoms with van der Waals surface area (Å²) >= 11 is 0. The quantitative estimate of drug-likeness (QED) is 0.947. The van der Waals surface area contributed by atoms with Gasteiger partial charge in [0.1, 0.15) is 6.10 Å². The summed E-state index contributed by atoms with van der Waals surface area (Å²) in [6, 6.07) is 5.05. The Morgan fingerprint density at radius 3 is 2.91 bits per heavy atom. The lowest BCUT2D eigenvalue weighted by Gasteiger charge is -2.22. The Morgan fingerprint density at radius 1 is 1.32 bits per heavy atom. The number of benzene rings is 1. The van der Waals surface area contributed by atoms with Crippen LogP contribution in [0.4, 0.5) is 13.2 Å². The van der Waals surface area contributed by atoms with E-state index in [0.717, 1.165) is 38.1 Å². The number of ether oxygens (including phenoxy) is 1. The third-order valence-electron chi connectivity index (χ3n) is 3.55. The van der Waals surface area contributed by atoms with Crippen molar-refractivity contribution in [3.05, 3.63) is 42.2 Å². The second-order valence-electron chi connectivity index (χ2n) is 5.25. The Hall–Kier alpha value is -2.02. The van der Waals surface area contributed by atoms with Gasteiger partial charge in [-0.25, -0.2) is 4.68 Å². The first-order chi connectivity index (χ1) is 10.5. The first kappa shape index (κ1) is 14.9. The average Bonchev–Trinajstić information content (AvgIpc) is 2.96. The fourth-order valence-corrected chi connectivity index (χ4v) is 2.45. The highest BCUT2D eigenvalue weighted by Gasteiger charge is 2.30. The Balaban J connectivity index is 1.75. The smallest absolute Gasteiger partial charge is 0.416 e. The summed E-state index contributed by atoms with van der Waals surface area (Å²) in [5, 5.41) is 7.32. The molecule has 2 heterocycles.